The Morgan fingerprint density at radius 2 is 1.91 bits per heavy atom. The van der Waals surface area contributed by atoms with Crippen molar-refractivity contribution in [3.8, 4) is 16.9 Å². The van der Waals surface area contributed by atoms with Crippen LogP contribution in [0.5, 0.6) is 5.75 Å². The van der Waals surface area contributed by atoms with Gasteiger partial charge < -0.3 is 9.84 Å². The molecule has 0 unspecified atom stereocenters. The van der Waals surface area contributed by atoms with Gasteiger partial charge in [0.1, 0.15) is 16.7 Å². The van der Waals surface area contributed by atoms with Gasteiger partial charge in [0.05, 0.1) is 12.3 Å². The summed E-state index contributed by atoms with van der Waals surface area (Å²) in [5, 5.41) is 9.83. The second-order valence-electron chi connectivity index (χ2n) is 9.16. The average molecular weight is 497 g/mol. The average Bonchev–Trinajstić information content (AvgIpc) is 2.86. The fourth-order valence-electron chi connectivity index (χ4n) is 4.31. The van der Waals surface area contributed by atoms with Crippen molar-refractivity contribution in [1.82, 2.24) is 19.2 Å². The normalized spacial score (nSPS) is 20.9. The molecule has 8 nitrogen and oxygen atoms in total. The van der Waals surface area contributed by atoms with Crippen LogP contribution in [0.15, 0.2) is 72.0 Å². The fraction of sp³-hybridized carbons (Fsp3) is 0.385. The summed E-state index contributed by atoms with van der Waals surface area (Å²) in [7, 11) is -1.87. The third-order valence-corrected chi connectivity index (χ3v) is 8.35. The second kappa shape index (κ2) is 10.8. The van der Waals surface area contributed by atoms with Gasteiger partial charge in [-0.2, -0.15) is 4.31 Å². The monoisotopic (exact) mass is 496 g/mol. The zero-order valence-corrected chi connectivity index (χ0v) is 21.1. The largest absolute Gasteiger partial charge is 0.487 e. The molecule has 3 atom stereocenters. The lowest BCUT2D eigenvalue weighted by Crippen LogP contribution is -2.49. The number of rotatable bonds is 7. The number of hydrogen-bond acceptors (Lipinski definition) is 7. The SMILES string of the molecule is C[C@H]1CN([C@@H](C)CO)S(=O)(=O)c2ccc(-c3ccncc3)cc2O[C@H]1CN(C)Cc1ccccn1. The fourth-order valence-corrected chi connectivity index (χ4v) is 6.13. The van der Waals surface area contributed by atoms with Crippen LogP contribution in [0, 0.1) is 5.92 Å². The van der Waals surface area contributed by atoms with Gasteiger partial charge in [-0.1, -0.05) is 19.1 Å². The Bertz CT molecular complexity index is 1220. The van der Waals surface area contributed by atoms with Crippen molar-refractivity contribution in [2.45, 2.75) is 37.4 Å². The van der Waals surface area contributed by atoms with Gasteiger partial charge in [-0.05, 0) is 61.5 Å². The molecule has 1 aromatic carbocycles. The molecule has 2 aromatic heterocycles. The topological polar surface area (TPSA) is 95.9 Å². The van der Waals surface area contributed by atoms with E-state index < -0.39 is 16.1 Å². The highest BCUT2D eigenvalue weighted by atomic mass is 32.2. The smallest absolute Gasteiger partial charge is 0.247 e. The van der Waals surface area contributed by atoms with Crippen LogP contribution in [0.3, 0.4) is 0 Å². The van der Waals surface area contributed by atoms with E-state index >= 15 is 0 Å². The van der Waals surface area contributed by atoms with Crippen molar-refractivity contribution in [2.24, 2.45) is 5.92 Å². The molecule has 1 aliphatic rings. The van der Waals surface area contributed by atoms with Crippen LogP contribution in [0.4, 0.5) is 0 Å². The van der Waals surface area contributed by atoms with Crippen molar-refractivity contribution in [3.05, 3.63) is 72.8 Å². The molecule has 9 heteroatoms. The number of benzene rings is 1. The molecule has 0 fully saturated rings. The number of hydrogen-bond donors (Lipinski definition) is 1. The Morgan fingerprint density at radius 1 is 1.14 bits per heavy atom. The number of pyridine rings is 2. The molecule has 0 bridgehead atoms. The number of sulfonamides is 1. The molecule has 0 aliphatic carbocycles. The van der Waals surface area contributed by atoms with E-state index in [0.29, 0.717) is 18.8 Å². The maximum Gasteiger partial charge on any atom is 0.247 e. The Kier molecular flexibility index (Phi) is 7.81. The van der Waals surface area contributed by atoms with Crippen LogP contribution in [0.2, 0.25) is 0 Å². The molecule has 35 heavy (non-hydrogen) atoms. The second-order valence-corrected chi connectivity index (χ2v) is 11.0. The third kappa shape index (κ3) is 5.70. The van der Waals surface area contributed by atoms with E-state index in [0.717, 1.165) is 16.8 Å². The molecule has 1 N–H and O–H groups in total. The predicted octanol–water partition coefficient (Wildman–Crippen LogP) is 3.04. The number of aliphatic hydroxyl groups is 1. The van der Waals surface area contributed by atoms with E-state index in [1.165, 1.54) is 4.31 Å². The Balaban J connectivity index is 1.72. The summed E-state index contributed by atoms with van der Waals surface area (Å²) in [6.07, 6.45) is 4.89. The first-order valence-corrected chi connectivity index (χ1v) is 13.2. The van der Waals surface area contributed by atoms with Gasteiger partial charge in [0.2, 0.25) is 10.0 Å². The Morgan fingerprint density at radius 3 is 2.60 bits per heavy atom. The first-order chi connectivity index (χ1) is 16.8. The molecular weight excluding hydrogens is 464 g/mol. The van der Waals surface area contributed by atoms with Gasteiger partial charge in [-0.15, -0.1) is 0 Å². The molecule has 0 radical (unpaired) electrons. The van der Waals surface area contributed by atoms with E-state index in [1.54, 1.807) is 43.7 Å². The standard InChI is InChI=1S/C26H32N4O4S/c1-19-15-30(20(2)18-31)35(32,33)26-8-7-22(21-9-12-27-13-10-21)14-24(26)34-25(19)17-29(3)16-23-6-4-5-11-28-23/h4-14,19-20,25,31H,15-18H2,1-3H3/t19-,20-,25-/m0/s1. The lowest BCUT2D eigenvalue weighted by atomic mass is 10.0. The van der Waals surface area contributed by atoms with Crippen molar-refractivity contribution < 1.29 is 18.3 Å². The maximum absolute atomic E-state index is 13.6. The highest BCUT2D eigenvalue weighted by molar-refractivity contribution is 7.89. The van der Waals surface area contributed by atoms with Crippen LogP contribution in [0.1, 0.15) is 19.5 Å². The Labute approximate surface area is 207 Å². The lowest BCUT2D eigenvalue weighted by Gasteiger charge is -2.37. The van der Waals surface area contributed by atoms with Crippen molar-refractivity contribution in [3.63, 3.8) is 0 Å². The zero-order valence-electron chi connectivity index (χ0n) is 20.3. The summed E-state index contributed by atoms with van der Waals surface area (Å²) >= 11 is 0. The molecule has 186 valence electrons. The van der Waals surface area contributed by atoms with Crippen LogP contribution in [-0.4, -0.2) is 71.6 Å². The van der Waals surface area contributed by atoms with Gasteiger partial charge in [0.15, 0.2) is 0 Å². The molecule has 3 heterocycles. The minimum atomic E-state index is -3.87. The van der Waals surface area contributed by atoms with E-state index in [-0.39, 0.29) is 30.1 Å². The van der Waals surface area contributed by atoms with Gasteiger partial charge in [0.25, 0.3) is 0 Å². The first kappa shape index (κ1) is 25.2. The zero-order chi connectivity index (χ0) is 25.0. The van der Waals surface area contributed by atoms with Crippen LogP contribution >= 0.6 is 0 Å². The number of ether oxygens (including phenoxy) is 1. The molecule has 1 aliphatic heterocycles. The maximum atomic E-state index is 13.6. The summed E-state index contributed by atoms with van der Waals surface area (Å²) in [6, 6.07) is 14.2. The molecule has 0 saturated heterocycles. The van der Waals surface area contributed by atoms with Crippen molar-refractivity contribution >= 4 is 10.0 Å². The van der Waals surface area contributed by atoms with Crippen LogP contribution in [-0.2, 0) is 16.6 Å². The summed E-state index contributed by atoms with van der Waals surface area (Å²) < 4.78 is 35.2. The highest BCUT2D eigenvalue weighted by Crippen LogP contribution is 2.36. The molecule has 4 rings (SSSR count). The van der Waals surface area contributed by atoms with Crippen molar-refractivity contribution in [1.29, 1.82) is 0 Å². The highest BCUT2D eigenvalue weighted by Gasteiger charge is 2.38. The van der Waals surface area contributed by atoms with Gasteiger partial charge in [-0.25, -0.2) is 8.42 Å². The molecular formula is C26H32N4O4S. The third-order valence-electron chi connectivity index (χ3n) is 6.33. The molecule has 0 saturated carbocycles. The summed E-state index contributed by atoms with van der Waals surface area (Å²) in [5.41, 5.74) is 2.72. The first-order valence-electron chi connectivity index (χ1n) is 11.7. The molecule has 3 aromatic rings. The van der Waals surface area contributed by atoms with Gasteiger partial charge in [0, 0.05) is 50.2 Å². The number of likely N-dealkylation sites (N-methyl/N-ethyl adjacent to an activating group) is 1. The number of fused-ring (bicyclic) bond motifs is 1. The van der Waals surface area contributed by atoms with E-state index in [2.05, 4.69) is 14.9 Å². The molecule has 0 spiro atoms. The molecule has 0 amide bonds. The van der Waals surface area contributed by atoms with E-state index in [4.69, 9.17) is 4.74 Å². The van der Waals surface area contributed by atoms with Crippen LogP contribution in [0.25, 0.3) is 11.1 Å². The quantitative estimate of drug-likeness (QED) is 0.537. The predicted molar refractivity (Wildman–Crippen MR) is 134 cm³/mol. The van der Waals surface area contributed by atoms with Gasteiger partial charge >= 0.3 is 0 Å². The number of aromatic nitrogens is 2. The number of aliphatic hydroxyl groups excluding tert-OH is 1. The minimum absolute atomic E-state index is 0.111. The minimum Gasteiger partial charge on any atom is -0.487 e. The number of nitrogens with zero attached hydrogens (tertiary/aromatic N) is 4. The van der Waals surface area contributed by atoms with Crippen LogP contribution < -0.4 is 4.74 Å². The van der Waals surface area contributed by atoms with E-state index in [9.17, 15) is 13.5 Å². The van der Waals surface area contributed by atoms with Crippen molar-refractivity contribution in [2.75, 3.05) is 26.7 Å². The van der Waals surface area contributed by atoms with Gasteiger partial charge in [-0.3, -0.25) is 14.9 Å². The Hall–Kier alpha value is -2.85. The van der Waals surface area contributed by atoms with E-state index in [1.807, 2.05) is 44.3 Å². The summed E-state index contributed by atoms with van der Waals surface area (Å²) in [5.74, 6) is 0.194. The summed E-state index contributed by atoms with van der Waals surface area (Å²) in [6.45, 7) is 4.92. The lowest BCUT2D eigenvalue weighted by molar-refractivity contribution is 0.0731. The summed E-state index contributed by atoms with van der Waals surface area (Å²) in [4.78, 5) is 10.7.